The maximum Gasteiger partial charge on any atom is 0.224 e. The average molecular weight is 212 g/mol. The molecule has 0 aliphatic carbocycles. The van der Waals surface area contributed by atoms with E-state index in [0.29, 0.717) is 12.6 Å². The smallest absolute Gasteiger partial charge is 0.224 e. The lowest BCUT2D eigenvalue weighted by Gasteiger charge is -2.29. The molecule has 3 atom stereocenters. The second-order valence-corrected chi connectivity index (χ2v) is 4.56. The third-order valence-corrected chi connectivity index (χ3v) is 3.37. The summed E-state index contributed by atoms with van der Waals surface area (Å²) in [6.07, 6.45) is 3.07. The van der Waals surface area contributed by atoms with Gasteiger partial charge in [0.2, 0.25) is 5.91 Å². The van der Waals surface area contributed by atoms with Crippen LogP contribution in [0.15, 0.2) is 0 Å². The minimum Gasteiger partial charge on any atom is -0.379 e. The SMILES string of the molecule is C[C@H]1NCCC[C@H]1C(=O)NC1CCOC1. The Morgan fingerprint density at radius 2 is 2.33 bits per heavy atom. The molecule has 86 valence electrons. The van der Waals surface area contributed by atoms with Crippen LogP contribution in [0.1, 0.15) is 26.2 Å². The van der Waals surface area contributed by atoms with Crippen molar-refractivity contribution in [3.8, 4) is 0 Å². The highest BCUT2D eigenvalue weighted by Crippen LogP contribution is 2.17. The first-order valence-corrected chi connectivity index (χ1v) is 5.89. The number of hydrogen-bond acceptors (Lipinski definition) is 3. The van der Waals surface area contributed by atoms with E-state index in [1.54, 1.807) is 0 Å². The Hall–Kier alpha value is -0.610. The van der Waals surface area contributed by atoms with Crippen LogP contribution in [0.5, 0.6) is 0 Å². The summed E-state index contributed by atoms with van der Waals surface area (Å²) < 4.78 is 5.24. The largest absolute Gasteiger partial charge is 0.379 e. The van der Waals surface area contributed by atoms with Gasteiger partial charge in [-0.2, -0.15) is 0 Å². The summed E-state index contributed by atoms with van der Waals surface area (Å²) in [5.41, 5.74) is 0. The van der Waals surface area contributed by atoms with Crippen LogP contribution < -0.4 is 10.6 Å². The topological polar surface area (TPSA) is 50.4 Å². The highest BCUT2D eigenvalue weighted by Gasteiger charge is 2.29. The summed E-state index contributed by atoms with van der Waals surface area (Å²) in [6.45, 7) is 4.59. The summed E-state index contributed by atoms with van der Waals surface area (Å²) in [5, 5.41) is 6.42. The number of nitrogens with one attached hydrogen (secondary N) is 2. The van der Waals surface area contributed by atoms with Crippen molar-refractivity contribution in [1.82, 2.24) is 10.6 Å². The van der Waals surface area contributed by atoms with Gasteiger partial charge in [-0.15, -0.1) is 0 Å². The van der Waals surface area contributed by atoms with Gasteiger partial charge in [0.15, 0.2) is 0 Å². The molecule has 0 bridgehead atoms. The van der Waals surface area contributed by atoms with Crippen LogP contribution in [0.25, 0.3) is 0 Å². The van der Waals surface area contributed by atoms with E-state index in [1.807, 2.05) is 0 Å². The van der Waals surface area contributed by atoms with Gasteiger partial charge in [-0.1, -0.05) is 0 Å². The standard InChI is InChI=1S/C11H20N2O2/c1-8-10(3-2-5-12-8)11(14)13-9-4-6-15-7-9/h8-10,12H,2-7H2,1H3,(H,13,14)/t8-,9?,10-/m1/s1. The van der Waals surface area contributed by atoms with Crippen LogP contribution in [0, 0.1) is 5.92 Å². The predicted molar refractivity (Wildman–Crippen MR) is 57.6 cm³/mol. The van der Waals surface area contributed by atoms with Crippen molar-refractivity contribution in [2.45, 2.75) is 38.3 Å². The second-order valence-electron chi connectivity index (χ2n) is 4.56. The Kier molecular flexibility index (Phi) is 3.59. The van der Waals surface area contributed by atoms with Crippen LogP contribution in [0.3, 0.4) is 0 Å². The first-order valence-electron chi connectivity index (χ1n) is 5.89. The highest BCUT2D eigenvalue weighted by atomic mass is 16.5. The van der Waals surface area contributed by atoms with Crippen molar-refractivity contribution in [2.24, 2.45) is 5.92 Å². The molecule has 0 aromatic heterocycles. The summed E-state index contributed by atoms with van der Waals surface area (Å²) >= 11 is 0. The average Bonchev–Trinajstić information content (AvgIpc) is 2.71. The third kappa shape index (κ3) is 2.69. The molecule has 0 saturated carbocycles. The molecule has 2 aliphatic rings. The van der Waals surface area contributed by atoms with Crippen LogP contribution in [-0.2, 0) is 9.53 Å². The van der Waals surface area contributed by atoms with E-state index in [2.05, 4.69) is 17.6 Å². The number of ether oxygens (including phenoxy) is 1. The molecule has 2 N–H and O–H groups in total. The zero-order valence-corrected chi connectivity index (χ0v) is 9.29. The zero-order chi connectivity index (χ0) is 10.7. The first-order chi connectivity index (χ1) is 7.27. The fraction of sp³-hybridized carbons (Fsp3) is 0.909. The zero-order valence-electron chi connectivity index (χ0n) is 9.29. The van der Waals surface area contributed by atoms with E-state index in [4.69, 9.17) is 4.74 Å². The Bertz CT molecular complexity index is 227. The van der Waals surface area contributed by atoms with Crippen molar-refractivity contribution >= 4 is 5.91 Å². The first kappa shape index (κ1) is 10.9. The molecular formula is C11H20N2O2. The van der Waals surface area contributed by atoms with Gasteiger partial charge in [0.05, 0.1) is 18.6 Å². The van der Waals surface area contributed by atoms with Crippen LogP contribution in [0.4, 0.5) is 0 Å². The maximum absolute atomic E-state index is 12.0. The molecule has 4 nitrogen and oxygen atoms in total. The van der Waals surface area contributed by atoms with Gasteiger partial charge in [0, 0.05) is 12.6 Å². The Morgan fingerprint density at radius 3 is 3.00 bits per heavy atom. The summed E-state index contributed by atoms with van der Waals surface area (Å²) in [6, 6.07) is 0.549. The van der Waals surface area contributed by atoms with Crippen molar-refractivity contribution in [2.75, 3.05) is 19.8 Å². The van der Waals surface area contributed by atoms with Crippen LogP contribution >= 0.6 is 0 Å². The molecular weight excluding hydrogens is 192 g/mol. The maximum atomic E-state index is 12.0. The normalized spacial score (nSPS) is 36.5. The molecule has 1 amide bonds. The van der Waals surface area contributed by atoms with E-state index < -0.39 is 0 Å². The number of carbonyl (C=O) groups excluding carboxylic acids is 1. The third-order valence-electron chi connectivity index (χ3n) is 3.37. The van der Waals surface area contributed by atoms with Crippen LogP contribution in [-0.4, -0.2) is 37.7 Å². The molecule has 15 heavy (non-hydrogen) atoms. The van der Waals surface area contributed by atoms with E-state index in [1.165, 1.54) is 0 Å². The van der Waals surface area contributed by atoms with Gasteiger partial charge >= 0.3 is 0 Å². The number of carbonyl (C=O) groups is 1. The fourth-order valence-electron chi connectivity index (χ4n) is 2.36. The Labute approximate surface area is 90.8 Å². The van der Waals surface area contributed by atoms with Gasteiger partial charge in [-0.05, 0) is 32.7 Å². The van der Waals surface area contributed by atoms with Gasteiger partial charge in [-0.3, -0.25) is 4.79 Å². The minimum absolute atomic E-state index is 0.138. The molecule has 4 heteroatoms. The molecule has 0 aromatic carbocycles. The quantitative estimate of drug-likeness (QED) is 0.691. The number of rotatable bonds is 2. The lowest BCUT2D eigenvalue weighted by atomic mass is 9.91. The molecule has 1 unspecified atom stereocenters. The van der Waals surface area contributed by atoms with Gasteiger partial charge in [0.25, 0.3) is 0 Å². The molecule has 0 aromatic rings. The van der Waals surface area contributed by atoms with Gasteiger partial charge < -0.3 is 15.4 Å². The van der Waals surface area contributed by atoms with Crippen LogP contribution in [0.2, 0.25) is 0 Å². The summed E-state index contributed by atoms with van der Waals surface area (Å²) in [5.74, 6) is 0.338. The Balaban J connectivity index is 1.83. The van der Waals surface area contributed by atoms with E-state index in [9.17, 15) is 4.79 Å². The molecule has 2 heterocycles. The van der Waals surface area contributed by atoms with Crippen molar-refractivity contribution in [3.05, 3.63) is 0 Å². The monoisotopic (exact) mass is 212 g/mol. The molecule has 2 saturated heterocycles. The predicted octanol–water partition coefficient (Wildman–Crippen LogP) is 0.280. The van der Waals surface area contributed by atoms with E-state index >= 15 is 0 Å². The van der Waals surface area contributed by atoms with E-state index in [0.717, 1.165) is 32.4 Å². The highest BCUT2D eigenvalue weighted by molar-refractivity contribution is 5.79. The number of piperidine rings is 1. The number of amides is 1. The van der Waals surface area contributed by atoms with Gasteiger partial charge in [0.1, 0.15) is 0 Å². The molecule has 2 rings (SSSR count). The summed E-state index contributed by atoms with van der Waals surface area (Å²) in [4.78, 5) is 12.0. The molecule has 2 fully saturated rings. The fourth-order valence-corrected chi connectivity index (χ4v) is 2.36. The van der Waals surface area contributed by atoms with Gasteiger partial charge in [-0.25, -0.2) is 0 Å². The minimum atomic E-state index is 0.138. The number of hydrogen-bond donors (Lipinski definition) is 2. The lowest BCUT2D eigenvalue weighted by Crippen LogP contribution is -2.49. The Morgan fingerprint density at radius 1 is 1.47 bits per heavy atom. The van der Waals surface area contributed by atoms with E-state index in [-0.39, 0.29) is 17.9 Å². The lowest BCUT2D eigenvalue weighted by molar-refractivity contribution is -0.127. The van der Waals surface area contributed by atoms with Crippen molar-refractivity contribution in [1.29, 1.82) is 0 Å². The molecule has 0 spiro atoms. The molecule has 2 aliphatic heterocycles. The molecule has 0 radical (unpaired) electrons. The summed E-state index contributed by atoms with van der Waals surface area (Å²) in [7, 11) is 0. The van der Waals surface area contributed by atoms with Crippen molar-refractivity contribution in [3.63, 3.8) is 0 Å². The van der Waals surface area contributed by atoms with Crippen molar-refractivity contribution < 1.29 is 9.53 Å². The second kappa shape index (κ2) is 4.94.